The lowest BCUT2D eigenvalue weighted by Crippen LogP contribution is -2.36. The molecule has 0 amide bonds. The number of aliphatic hydroxyl groups is 1. The minimum absolute atomic E-state index is 0.109. The molecule has 2 N–H and O–H groups in total. The SMILES string of the molecule is CC(C)(O)C1CCC(Oc2c#cc(-c3ccc(-c4nc5ccccc5[nH]4)cn3)cn2)CC1. The Morgan fingerprint density at radius 1 is 1.00 bits per heavy atom. The van der Waals surface area contributed by atoms with Crippen molar-refractivity contribution in [3.05, 3.63) is 60.9 Å². The van der Waals surface area contributed by atoms with E-state index in [1.165, 1.54) is 0 Å². The molecular weight excluding hydrogens is 400 g/mol. The Hall–Kier alpha value is -3.43. The molecule has 4 aromatic rings. The molecule has 1 aliphatic carbocycles. The van der Waals surface area contributed by atoms with Gasteiger partial charge in [0.2, 0.25) is 0 Å². The van der Waals surface area contributed by atoms with Crippen molar-refractivity contribution in [3.8, 4) is 28.5 Å². The van der Waals surface area contributed by atoms with E-state index in [0.717, 1.165) is 59.4 Å². The van der Waals surface area contributed by atoms with Crippen molar-refractivity contribution >= 4 is 11.0 Å². The van der Waals surface area contributed by atoms with E-state index in [2.05, 4.69) is 32.1 Å². The zero-order valence-electron chi connectivity index (χ0n) is 18.3. The molecule has 6 nitrogen and oxygen atoms in total. The lowest BCUT2D eigenvalue weighted by Gasteiger charge is -2.35. The average Bonchev–Trinajstić information content (AvgIpc) is 3.24. The number of aromatic amines is 1. The Morgan fingerprint density at radius 2 is 1.81 bits per heavy atom. The van der Waals surface area contributed by atoms with Crippen LogP contribution in [0, 0.1) is 18.1 Å². The van der Waals surface area contributed by atoms with Crippen molar-refractivity contribution in [1.82, 2.24) is 19.9 Å². The number of nitrogens with zero attached hydrogens (tertiary/aromatic N) is 3. The molecule has 0 radical (unpaired) electrons. The summed E-state index contributed by atoms with van der Waals surface area (Å²) in [4.78, 5) is 16.9. The first kappa shape index (κ1) is 20.5. The molecule has 32 heavy (non-hydrogen) atoms. The monoisotopic (exact) mass is 426 g/mol. The number of aromatic nitrogens is 4. The highest BCUT2D eigenvalue weighted by Crippen LogP contribution is 2.33. The summed E-state index contributed by atoms with van der Waals surface area (Å²) in [7, 11) is 0. The molecule has 1 aliphatic rings. The van der Waals surface area contributed by atoms with Crippen molar-refractivity contribution in [2.45, 2.75) is 51.2 Å². The smallest absolute Gasteiger partial charge is 0.268 e. The number of para-hydroxylation sites is 2. The summed E-state index contributed by atoms with van der Waals surface area (Å²) in [6.07, 6.45) is 7.37. The first-order valence-corrected chi connectivity index (χ1v) is 11.1. The molecule has 1 aromatic carbocycles. The summed E-state index contributed by atoms with van der Waals surface area (Å²) >= 11 is 0. The molecule has 0 bridgehead atoms. The summed E-state index contributed by atoms with van der Waals surface area (Å²) < 4.78 is 6.00. The Labute approximate surface area is 187 Å². The molecule has 5 rings (SSSR count). The van der Waals surface area contributed by atoms with Crippen molar-refractivity contribution in [2.75, 3.05) is 0 Å². The fourth-order valence-electron chi connectivity index (χ4n) is 4.33. The highest BCUT2D eigenvalue weighted by molar-refractivity contribution is 5.79. The van der Waals surface area contributed by atoms with Gasteiger partial charge in [-0.05, 0) is 75.8 Å². The molecule has 1 saturated carbocycles. The highest BCUT2D eigenvalue weighted by Gasteiger charge is 2.32. The number of fused-ring (bicyclic) bond motifs is 1. The molecule has 0 atom stereocenters. The topological polar surface area (TPSA) is 83.9 Å². The standard InChI is InChI=1S/C26H26N4O2/c1-26(2,31)19-9-11-20(12-10-19)32-24-14-8-17(15-28-24)21-13-7-18(16-27-21)25-29-22-5-3-4-6-23(22)30-25/h3-7,13,15-16,19-20,31H,9-12H2,1-2H3,(H,29,30). The van der Waals surface area contributed by atoms with Gasteiger partial charge >= 0.3 is 0 Å². The van der Waals surface area contributed by atoms with Gasteiger partial charge in [0.05, 0.1) is 27.9 Å². The summed E-state index contributed by atoms with van der Waals surface area (Å²) in [5.74, 6) is 1.57. The number of pyridine rings is 1. The number of rotatable bonds is 5. The number of hydrogen-bond acceptors (Lipinski definition) is 5. The molecule has 6 heteroatoms. The van der Waals surface area contributed by atoms with Gasteiger partial charge in [-0.25, -0.2) is 9.97 Å². The lowest BCUT2D eigenvalue weighted by molar-refractivity contribution is -0.0156. The third-order valence-corrected chi connectivity index (χ3v) is 6.27. The molecule has 162 valence electrons. The van der Waals surface area contributed by atoms with E-state index in [4.69, 9.17) is 4.74 Å². The Bertz CT molecular complexity index is 1150. The Kier molecular flexibility index (Phi) is 5.28. The van der Waals surface area contributed by atoms with E-state index in [-0.39, 0.29) is 6.10 Å². The van der Waals surface area contributed by atoms with Crippen molar-refractivity contribution in [1.29, 1.82) is 0 Å². The number of benzene rings is 1. The molecule has 0 unspecified atom stereocenters. The molecular formula is C26H26N4O2. The molecule has 3 heterocycles. The van der Waals surface area contributed by atoms with E-state index < -0.39 is 5.60 Å². The van der Waals surface area contributed by atoms with E-state index in [0.29, 0.717) is 11.8 Å². The minimum Gasteiger partial charge on any atom is -0.468 e. The first-order chi connectivity index (χ1) is 15.5. The van der Waals surface area contributed by atoms with Crippen LogP contribution >= 0.6 is 0 Å². The van der Waals surface area contributed by atoms with E-state index in [1.807, 2.05) is 50.2 Å². The molecule has 0 saturated heterocycles. The van der Waals surface area contributed by atoms with Crippen LogP contribution in [0.3, 0.4) is 0 Å². The second kappa shape index (κ2) is 8.25. The van der Waals surface area contributed by atoms with Gasteiger partial charge in [0.1, 0.15) is 11.9 Å². The van der Waals surface area contributed by atoms with Gasteiger partial charge in [0.15, 0.2) is 0 Å². The summed E-state index contributed by atoms with van der Waals surface area (Å²) in [6, 6.07) is 18.0. The van der Waals surface area contributed by atoms with Gasteiger partial charge in [-0.3, -0.25) is 4.98 Å². The average molecular weight is 427 g/mol. The van der Waals surface area contributed by atoms with Crippen LogP contribution in [0.4, 0.5) is 0 Å². The lowest BCUT2D eigenvalue weighted by atomic mass is 9.78. The zero-order valence-corrected chi connectivity index (χ0v) is 18.3. The molecule has 0 spiro atoms. The van der Waals surface area contributed by atoms with Crippen molar-refractivity contribution < 1.29 is 9.84 Å². The molecule has 3 aromatic heterocycles. The van der Waals surface area contributed by atoms with Crippen LogP contribution in [-0.2, 0) is 0 Å². The Balaban J connectivity index is 1.23. The summed E-state index contributed by atoms with van der Waals surface area (Å²) in [6.45, 7) is 3.78. The van der Waals surface area contributed by atoms with Gasteiger partial charge in [-0.1, -0.05) is 18.2 Å². The van der Waals surface area contributed by atoms with Crippen LogP contribution in [0.5, 0.6) is 5.88 Å². The van der Waals surface area contributed by atoms with Crippen molar-refractivity contribution in [2.24, 2.45) is 5.92 Å². The number of hydrogen-bond donors (Lipinski definition) is 2. The number of imidazole rings is 1. The van der Waals surface area contributed by atoms with Crippen LogP contribution in [-0.4, -0.2) is 36.7 Å². The Morgan fingerprint density at radius 3 is 2.47 bits per heavy atom. The maximum absolute atomic E-state index is 10.2. The van der Waals surface area contributed by atoms with Gasteiger partial charge in [-0.2, -0.15) is 0 Å². The number of ether oxygens (including phenoxy) is 1. The maximum Gasteiger partial charge on any atom is 0.268 e. The highest BCUT2D eigenvalue weighted by atomic mass is 16.5. The first-order valence-electron chi connectivity index (χ1n) is 11.1. The number of H-pyrrole nitrogens is 1. The maximum atomic E-state index is 10.2. The normalized spacial score (nSPS) is 19.0. The third-order valence-electron chi connectivity index (χ3n) is 6.27. The summed E-state index contributed by atoms with van der Waals surface area (Å²) in [5, 5.41) is 10.2. The predicted molar refractivity (Wildman–Crippen MR) is 123 cm³/mol. The van der Waals surface area contributed by atoms with Crippen LogP contribution < -0.4 is 4.74 Å². The molecule has 1 fully saturated rings. The number of nitrogens with one attached hydrogen (secondary N) is 1. The predicted octanol–water partition coefficient (Wildman–Crippen LogP) is 5.00. The fourth-order valence-corrected chi connectivity index (χ4v) is 4.33. The third kappa shape index (κ3) is 4.30. The van der Waals surface area contributed by atoms with Gasteiger partial charge in [-0.15, -0.1) is 0 Å². The van der Waals surface area contributed by atoms with Crippen LogP contribution in [0.2, 0.25) is 0 Å². The van der Waals surface area contributed by atoms with Crippen LogP contribution in [0.1, 0.15) is 39.5 Å². The molecule has 0 aliphatic heterocycles. The minimum atomic E-state index is -0.627. The van der Waals surface area contributed by atoms with Crippen molar-refractivity contribution in [3.63, 3.8) is 0 Å². The van der Waals surface area contributed by atoms with Gasteiger partial charge in [0, 0.05) is 18.0 Å². The largest absolute Gasteiger partial charge is 0.468 e. The van der Waals surface area contributed by atoms with Crippen LogP contribution in [0.25, 0.3) is 33.7 Å². The van der Waals surface area contributed by atoms with Gasteiger partial charge in [0.25, 0.3) is 5.88 Å². The quantitative estimate of drug-likeness (QED) is 0.469. The second-order valence-corrected chi connectivity index (χ2v) is 9.01. The van der Waals surface area contributed by atoms with E-state index in [9.17, 15) is 5.11 Å². The van der Waals surface area contributed by atoms with E-state index >= 15 is 0 Å². The zero-order chi connectivity index (χ0) is 22.1. The van der Waals surface area contributed by atoms with Gasteiger partial charge < -0.3 is 14.8 Å². The van der Waals surface area contributed by atoms with Crippen LogP contribution in [0.15, 0.2) is 48.8 Å². The van der Waals surface area contributed by atoms with E-state index in [1.54, 1.807) is 12.4 Å². The summed E-state index contributed by atoms with van der Waals surface area (Å²) in [5.41, 5.74) is 3.76. The fraction of sp³-hybridized carbons (Fsp3) is 0.346. The second-order valence-electron chi connectivity index (χ2n) is 9.01.